The molecule has 0 bridgehead atoms. The largest absolute Gasteiger partial charge is 0.420 e. The number of anilines is 1. The molecule has 0 spiro atoms. The molecule has 1 fully saturated rings. The van der Waals surface area contributed by atoms with Crippen LogP contribution in [0.25, 0.3) is 5.65 Å². The molecule has 1 aliphatic rings. The van der Waals surface area contributed by atoms with E-state index in [0.29, 0.717) is 15.5 Å². The highest BCUT2D eigenvalue weighted by Crippen LogP contribution is 2.38. The fraction of sp³-hybridized carbons (Fsp3) is 0.429. The van der Waals surface area contributed by atoms with Crippen molar-refractivity contribution in [2.75, 3.05) is 16.6 Å². The molecule has 0 aliphatic carbocycles. The van der Waals surface area contributed by atoms with Crippen LogP contribution in [0, 0.1) is 0 Å². The van der Waals surface area contributed by atoms with Crippen LogP contribution in [-0.4, -0.2) is 46.1 Å². The summed E-state index contributed by atoms with van der Waals surface area (Å²) in [4.78, 5) is 20.9. The molecule has 8 nitrogen and oxygen atoms in total. The van der Waals surface area contributed by atoms with Gasteiger partial charge in [0.2, 0.25) is 10.0 Å². The highest BCUT2D eigenvalue weighted by atomic mass is 35.5. The van der Waals surface area contributed by atoms with E-state index in [1.807, 2.05) is 13.8 Å². The van der Waals surface area contributed by atoms with Gasteiger partial charge >= 0.3 is 6.18 Å². The van der Waals surface area contributed by atoms with Crippen molar-refractivity contribution in [1.82, 2.24) is 19.6 Å². The lowest BCUT2D eigenvalue weighted by molar-refractivity contribution is -0.137. The van der Waals surface area contributed by atoms with E-state index in [1.165, 1.54) is 0 Å². The Morgan fingerprint density at radius 1 is 1.18 bits per heavy atom. The smallest absolute Gasteiger partial charge is 0.299 e. The second-order valence-corrected chi connectivity index (χ2v) is 10.8. The third kappa shape index (κ3) is 4.74. The zero-order chi connectivity index (χ0) is 24.8. The molecule has 13 heteroatoms. The maximum Gasteiger partial charge on any atom is 0.420 e. The van der Waals surface area contributed by atoms with E-state index in [-0.39, 0.29) is 54.0 Å². The van der Waals surface area contributed by atoms with E-state index in [4.69, 9.17) is 11.6 Å². The molecule has 1 saturated heterocycles. The minimum absolute atomic E-state index is 0.0236. The fourth-order valence-electron chi connectivity index (χ4n) is 4.10. The zero-order valence-electron chi connectivity index (χ0n) is 18.3. The lowest BCUT2D eigenvalue weighted by atomic mass is 9.98. The van der Waals surface area contributed by atoms with E-state index in [9.17, 15) is 26.4 Å². The number of aromatic nitrogens is 4. The number of carbonyl (C=O) groups excluding carboxylic acids is 1. The summed E-state index contributed by atoms with van der Waals surface area (Å²) < 4.78 is 67.7. The van der Waals surface area contributed by atoms with Crippen molar-refractivity contribution < 1.29 is 26.4 Å². The van der Waals surface area contributed by atoms with Gasteiger partial charge in [0.25, 0.3) is 0 Å². The molecule has 4 rings (SSSR count). The van der Waals surface area contributed by atoms with E-state index < -0.39 is 27.6 Å². The molecule has 0 saturated carbocycles. The maximum absolute atomic E-state index is 13.7. The molecule has 3 aromatic heterocycles. The lowest BCUT2D eigenvalue weighted by Crippen LogP contribution is -2.29. The van der Waals surface area contributed by atoms with Crippen LogP contribution in [0.3, 0.4) is 0 Å². The van der Waals surface area contributed by atoms with Gasteiger partial charge in [0.05, 0.1) is 17.0 Å². The normalized spacial score (nSPS) is 16.0. The molecule has 0 N–H and O–H groups in total. The van der Waals surface area contributed by atoms with Crippen LogP contribution in [0.1, 0.15) is 48.6 Å². The van der Waals surface area contributed by atoms with Gasteiger partial charge in [-0.05, 0) is 29.5 Å². The fourth-order valence-corrected chi connectivity index (χ4v) is 5.80. The van der Waals surface area contributed by atoms with Gasteiger partial charge in [-0.25, -0.2) is 22.9 Å². The summed E-state index contributed by atoms with van der Waals surface area (Å²) in [5.74, 6) is -1.26. The van der Waals surface area contributed by atoms with E-state index >= 15 is 0 Å². The molecular formula is C21H21ClF3N5O3S. The Labute approximate surface area is 198 Å². The van der Waals surface area contributed by atoms with Crippen molar-refractivity contribution >= 4 is 38.9 Å². The van der Waals surface area contributed by atoms with E-state index in [0.717, 1.165) is 18.0 Å². The van der Waals surface area contributed by atoms with Gasteiger partial charge in [0.15, 0.2) is 16.6 Å². The van der Waals surface area contributed by atoms with Gasteiger partial charge in [0.1, 0.15) is 5.78 Å². The topological polar surface area (TPSA) is 97.5 Å². The van der Waals surface area contributed by atoms with Crippen molar-refractivity contribution in [3.63, 3.8) is 0 Å². The highest BCUT2D eigenvalue weighted by molar-refractivity contribution is 7.93. The van der Waals surface area contributed by atoms with Crippen molar-refractivity contribution in [3.05, 3.63) is 52.1 Å². The molecule has 0 atom stereocenters. The van der Waals surface area contributed by atoms with Crippen LogP contribution in [0.15, 0.2) is 24.5 Å². The molecule has 0 amide bonds. The Morgan fingerprint density at radius 2 is 1.91 bits per heavy atom. The Hall–Kier alpha value is -2.73. The predicted octanol–water partition coefficient (Wildman–Crippen LogP) is 3.81. The van der Waals surface area contributed by atoms with Crippen LogP contribution in [-0.2, 0) is 33.8 Å². The number of carbonyl (C=O) groups is 1. The van der Waals surface area contributed by atoms with E-state index in [2.05, 4.69) is 15.1 Å². The number of rotatable bonds is 6. The molecule has 3 aromatic rings. The minimum Gasteiger partial charge on any atom is -0.299 e. The standard InChI is InChI=1S/C21H21ClF3N5O3S/c1-12(2)19-14(11-26-18-9-17(22)28-30(18)19)8-15(31)6-13-7-16(21(23,24)25)20(27-10-13)29-4-3-5-34(29,32)33/h7,9-12H,3-6,8H2,1-2H3. The quantitative estimate of drug-likeness (QED) is 0.495. The van der Waals surface area contributed by atoms with Crippen LogP contribution in [0.4, 0.5) is 19.0 Å². The zero-order valence-corrected chi connectivity index (χ0v) is 19.9. The highest BCUT2D eigenvalue weighted by Gasteiger charge is 2.40. The summed E-state index contributed by atoms with van der Waals surface area (Å²) in [6.45, 7) is 3.77. The number of pyridine rings is 1. The first-order chi connectivity index (χ1) is 15.9. The van der Waals surface area contributed by atoms with Gasteiger partial charge < -0.3 is 0 Å². The van der Waals surface area contributed by atoms with Gasteiger partial charge in [0, 0.05) is 37.8 Å². The number of halogens is 4. The summed E-state index contributed by atoms with van der Waals surface area (Å²) in [6, 6.07) is 2.39. The van der Waals surface area contributed by atoms with Crippen LogP contribution >= 0.6 is 11.6 Å². The van der Waals surface area contributed by atoms with Crippen molar-refractivity contribution in [2.24, 2.45) is 0 Å². The monoisotopic (exact) mass is 515 g/mol. The van der Waals surface area contributed by atoms with Crippen LogP contribution in [0.5, 0.6) is 0 Å². The Bertz CT molecular complexity index is 1370. The van der Waals surface area contributed by atoms with Gasteiger partial charge in [-0.3, -0.25) is 9.10 Å². The molecule has 0 aromatic carbocycles. The molecule has 4 heterocycles. The minimum atomic E-state index is -4.83. The average Bonchev–Trinajstić information content (AvgIpc) is 3.27. The number of nitrogens with zero attached hydrogens (tertiary/aromatic N) is 5. The lowest BCUT2D eigenvalue weighted by Gasteiger charge is -2.21. The first kappa shape index (κ1) is 24.4. The molecule has 1 aliphatic heterocycles. The van der Waals surface area contributed by atoms with Crippen LogP contribution in [0.2, 0.25) is 5.15 Å². The number of sulfonamides is 1. The van der Waals surface area contributed by atoms with Gasteiger partial charge in [-0.2, -0.15) is 18.3 Å². The number of Topliss-reactive ketones (excluding diaryl/α,β-unsaturated/α-hetero) is 1. The third-order valence-electron chi connectivity index (χ3n) is 5.47. The second kappa shape index (κ2) is 8.81. The molecule has 182 valence electrons. The third-order valence-corrected chi connectivity index (χ3v) is 7.49. The Morgan fingerprint density at radius 3 is 2.53 bits per heavy atom. The Balaban J connectivity index is 1.62. The number of hydrogen-bond donors (Lipinski definition) is 0. The van der Waals surface area contributed by atoms with E-state index in [1.54, 1.807) is 16.8 Å². The van der Waals surface area contributed by atoms with Crippen LogP contribution < -0.4 is 4.31 Å². The van der Waals surface area contributed by atoms with Gasteiger partial charge in [-0.1, -0.05) is 25.4 Å². The maximum atomic E-state index is 13.7. The van der Waals surface area contributed by atoms with Crippen molar-refractivity contribution in [3.8, 4) is 0 Å². The summed E-state index contributed by atoms with van der Waals surface area (Å²) in [6.07, 6.45) is -2.33. The number of hydrogen-bond acceptors (Lipinski definition) is 6. The summed E-state index contributed by atoms with van der Waals surface area (Å²) in [7, 11) is -3.85. The Kier molecular flexibility index (Phi) is 6.32. The predicted molar refractivity (Wildman–Crippen MR) is 119 cm³/mol. The molecule has 0 radical (unpaired) electrons. The average molecular weight is 516 g/mol. The molecule has 34 heavy (non-hydrogen) atoms. The second-order valence-electron chi connectivity index (χ2n) is 8.41. The van der Waals surface area contributed by atoms with Gasteiger partial charge in [-0.15, -0.1) is 0 Å². The number of fused-ring (bicyclic) bond motifs is 1. The number of ketones is 1. The SMILES string of the molecule is CC(C)c1c(CC(=O)Cc2cnc(N3CCCS3(=O)=O)c(C(F)(F)F)c2)cnc2cc(Cl)nn12. The number of alkyl halides is 3. The molecule has 0 unspecified atom stereocenters. The summed E-state index contributed by atoms with van der Waals surface area (Å²) in [5.41, 5.74) is 0.710. The van der Waals surface area contributed by atoms with Crippen molar-refractivity contribution in [1.29, 1.82) is 0 Å². The first-order valence-corrected chi connectivity index (χ1v) is 12.5. The summed E-state index contributed by atoms with van der Waals surface area (Å²) >= 11 is 5.98. The van der Waals surface area contributed by atoms with Crippen molar-refractivity contribution in [2.45, 2.75) is 45.2 Å². The first-order valence-electron chi connectivity index (χ1n) is 10.5. The molecular weight excluding hydrogens is 495 g/mol. The summed E-state index contributed by atoms with van der Waals surface area (Å²) in [5, 5.41) is 4.46.